The Labute approximate surface area is 90.4 Å². The van der Waals surface area contributed by atoms with Crippen LogP contribution in [0.5, 0.6) is 0 Å². The van der Waals surface area contributed by atoms with Crippen molar-refractivity contribution in [2.45, 2.75) is 44.2 Å². The summed E-state index contributed by atoms with van der Waals surface area (Å²) in [5.41, 5.74) is -0.223. The molecule has 1 heterocycles. The van der Waals surface area contributed by atoms with Crippen LogP contribution >= 0.6 is 11.8 Å². The Kier molecular flexibility index (Phi) is 3.04. The van der Waals surface area contributed by atoms with Crippen LogP contribution in [-0.2, 0) is 0 Å². The molecule has 0 bridgehead atoms. The molecule has 1 aliphatic carbocycles. The fourth-order valence-corrected chi connectivity index (χ4v) is 3.98. The van der Waals surface area contributed by atoms with Crippen LogP contribution < -0.4 is 5.32 Å². The summed E-state index contributed by atoms with van der Waals surface area (Å²) >= 11 is 1.91. The molecule has 0 spiro atoms. The van der Waals surface area contributed by atoms with Crippen LogP contribution in [-0.4, -0.2) is 23.1 Å². The lowest BCUT2D eigenvalue weighted by Gasteiger charge is -2.30. The van der Waals surface area contributed by atoms with E-state index in [1.165, 1.54) is 25.7 Å². The van der Waals surface area contributed by atoms with Gasteiger partial charge in [-0.15, -0.1) is 0 Å². The summed E-state index contributed by atoms with van der Waals surface area (Å²) in [4.78, 5) is 0. The number of nitrogens with one attached hydrogen (secondary N) is 1. The Morgan fingerprint density at radius 3 is 2.64 bits per heavy atom. The van der Waals surface area contributed by atoms with Gasteiger partial charge in [-0.25, -0.2) is 0 Å². The molecular formula is C11H18N2S. The van der Waals surface area contributed by atoms with Crippen molar-refractivity contribution < 1.29 is 0 Å². The fourth-order valence-electron chi connectivity index (χ4n) is 2.47. The average molecular weight is 210 g/mol. The van der Waals surface area contributed by atoms with E-state index in [0.717, 1.165) is 11.5 Å². The van der Waals surface area contributed by atoms with E-state index in [-0.39, 0.29) is 5.54 Å². The number of nitrogens with zero attached hydrogens (tertiary/aromatic N) is 1. The largest absolute Gasteiger partial charge is 0.296 e. The highest BCUT2D eigenvalue weighted by atomic mass is 32.2. The zero-order chi connectivity index (χ0) is 10.0. The summed E-state index contributed by atoms with van der Waals surface area (Å²) in [7, 11) is 0. The molecule has 2 atom stereocenters. The number of hydrogen-bond donors (Lipinski definition) is 1. The standard InChI is InChI=1S/C11H18N2S/c1-9-6-14-8-11(9,7-12)13-10-4-2-3-5-10/h9-10,13H,2-6,8H2,1H3. The highest BCUT2D eigenvalue weighted by Gasteiger charge is 2.42. The third-order valence-electron chi connectivity index (χ3n) is 3.56. The van der Waals surface area contributed by atoms with Gasteiger partial charge >= 0.3 is 0 Å². The van der Waals surface area contributed by atoms with Crippen molar-refractivity contribution in [2.75, 3.05) is 11.5 Å². The number of rotatable bonds is 2. The Bertz CT molecular complexity index is 242. The van der Waals surface area contributed by atoms with E-state index in [4.69, 9.17) is 0 Å². The molecule has 14 heavy (non-hydrogen) atoms. The summed E-state index contributed by atoms with van der Waals surface area (Å²) in [6.07, 6.45) is 5.20. The monoisotopic (exact) mass is 210 g/mol. The fraction of sp³-hybridized carbons (Fsp3) is 0.909. The van der Waals surface area contributed by atoms with E-state index in [2.05, 4.69) is 18.3 Å². The van der Waals surface area contributed by atoms with Crippen molar-refractivity contribution in [2.24, 2.45) is 5.92 Å². The Morgan fingerprint density at radius 1 is 1.43 bits per heavy atom. The molecule has 1 saturated carbocycles. The molecule has 78 valence electrons. The van der Waals surface area contributed by atoms with Crippen molar-refractivity contribution in [1.29, 1.82) is 5.26 Å². The van der Waals surface area contributed by atoms with E-state index in [9.17, 15) is 5.26 Å². The van der Waals surface area contributed by atoms with Crippen LogP contribution in [0.3, 0.4) is 0 Å². The van der Waals surface area contributed by atoms with Gasteiger partial charge in [0, 0.05) is 11.8 Å². The first-order valence-corrected chi connectivity index (χ1v) is 6.69. The van der Waals surface area contributed by atoms with E-state index in [1.54, 1.807) is 0 Å². The third kappa shape index (κ3) is 1.78. The molecule has 1 saturated heterocycles. The van der Waals surface area contributed by atoms with Crippen molar-refractivity contribution >= 4 is 11.8 Å². The van der Waals surface area contributed by atoms with Crippen LogP contribution in [0, 0.1) is 17.2 Å². The van der Waals surface area contributed by atoms with Crippen molar-refractivity contribution in [1.82, 2.24) is 5.32 Å². The van der Waals surface area contributed by atoms with Gasteiger partial charge < -0.3 is 0 Å². The molecule has 1 N–H and O–H groups in total. The molecule has 2 unspecified atom stereocenters. The molecule has 0 radical (unpaired) electrons. The first-order chi connectivity index (χ1) is 6.77. The predicted molar refractivity (Wildman–Crippen MR) is 60.2 cm³/mol. The van der Waals surface area contributed by atoms with Gasteiger partial charge in [0.15, 0.2) is 0 Å². The lowest BCUT2D eigenvalue weighted by atomic mass is 9.89. The Balaban J connectivity index is 2.01. The van der Waals surface area contributed by atoms with E-state index >= 15 is 0 Å². The number of hydrogen-bond acceptors (Lipinski definition) is 3. The van der Waals surface area contributed by atoms with Crippen LogP contribution in [0.25, 0.3) is 0 Å². The smallest absolute Gasteiger partial charge is 0.119 e. The Hall–Kier alpha value is -0.200. The quantitative estimate of drug-likeness (QED) is 0.758. The van der Waals surface area contributed by atoms with E-state index < -0.39 is 0 Å². The van der Waals surface area contributed by atoms with Crippen LogP contribution in [0.1, 0.15) is 32.6 Å². The second-order valence-corrected chi connectivity index (χ2v) is 5.66. The van der Waals surface area contributed by atoms with Crippen molar-refractivity contribution in [3.63, 3.8) is 0 Å². The lowest BCUT2D eigenvalue weighted by molar-refractivity contribution is 0.319. The molecule has 2 nitrogen and oxygen atoms in total. The zero-order valence-corrected chi connectivity index (χ0v) is 9.57. The molecule has 2 rings (SSSR count). The van der Waals surface area contributed by atoms with E-state index in [0.29, 0.717) is 12.0 Å². The topological polar surface area (TPSA) is 35.8 Å². The lowest BCUT2D eigenvalue weighted by Crippen LogP contribution is -2.52. The average Bonchev–Trinajstić information content (AvgIpc) is 2.79. The SMILES string of the molecule is CC1CSCC1(C#N)NC1CCCC1. The second kappa shape index (κ2) is 4.12. The highest BCUT2D eigenvalue weighted by molar-refractivity contribution is 7.99. The summed E-state index contributed by atoms with van der Waals surface area (Å²) in [5.74, 6) is 2.60. The van der Waals surface area contributed by atoms with Crippen LogP contribution in [0.2, 0.25) is 0 Å². The second-order valence-electron chi connectivity index (χ2n) is 4.63. The van der Waals surface area contributed by atoms with Gasteiger partial charge in [-0.1, -0.05) is 19.8 Å². The van der Waals surface area contributed by atoms with Gasteiger partial charge in [0.2, 0.25) is 0 Å². The first kappa shape index (κ1) is 10.3. The molecule has 2 fully saturated rings. The maximum Gasteiger partial charge on any atom is 0.119 e. The Morgan fingerprint density at radius 2 is 2.14 bits per heavy atom. The number of thioether (sulfide) groups is 1. The van der Waals surface area contributed by atoms with Gasteiger partial charge in [-0.05, 0) is 24.5 Å². The van der Waals surface area contributed by atoms with Crippen molar-refractivity contribution in [3.05, 3.63) is 0 Å². The van der Waals surface area contributed by atoms with Gasteiger partial charge in [0.1, 0.15) is 5.54 Å². The third-order valence-corrected chi connectivity index (χ3v) is 4.95. The number of nitriles is 1. The summed E-state index contributed by atoms with van der Waals surface area (Å²) in [6.45, 7) is 2.20. The molecule has 0 aromatic rings. The normalized spacial score (nSPS) is 38.7. The molecule has 0 aromatic heterocycles. The van der Waals surface area contributed by atoms with E-state index in [1.807, 2.05) is 11.8 Å². The minimum atomic E-state index is -0.223. The molecular weight excluding hydrogens is 192 g/mol. The minimum Gasteiger partial charge on any atom is -0.296 e. The summed E-state index contributed by atoms with van der Waals surface area (Å²) in [6, 6.07) is 3.13. The molecule has 1 aliphatic heterocycles. The van der Waals surface area contributed by atoms with Crippen LogP contribution in [0.15, 0.2) is 0 Å². The zero-order valence-electron chi connectivity index (χ0n) is 8.75. The van der Waals surface area contributed by atoms with Crippen LogP contribution in [0.4, 0.5) is 0 Å². The summed E-state index contributed by atoms with van der Waals surface area (Å²) in [5, 5.41) is 12.9. The molecule has 0 aromatic carbocycles. The maximum absolute atomic E-state index is 9.32. The summed E-state index contributed by atoms with van der Waals surface area (Å²) < 4.78 is 0. The highest BCUT2D eigenvalue weighted by Crippen LogP contribution is 2.34. The predicted octanol–water partition coefficient (Wildman–Crippen LogP) is 2.16. The van der Waals surface area contributed by atoms with Gasteiger partial charge in [-0.2, -0.15) is 17.0 Å². The molecule has 0 amide bonds. The van der Waals surface area contributed by atoms with Gasteiger partial charge in [-0.3, -0.25) is 5.32 Å². The maximum atomic E-state index is 9.32. The minimum absolute atomic E-state index is 0.223. The van der Waals surface area contributed by atoms with Crippen molar-refractivity contribution in [3.8, 4) is 6.07 Å². The van der Waals surface area contributed by atoms with Gasteiger partial charge in [0.25, 0.3) is 0 Å². The molecule has 2 aliphatic rings. The van der Waals surface area contributed by atoms with Gasteiger partial charge in [0.05, 0.1) is 6.07 Å². The first-order valence-electron chi connectivity index (χ1n) is 5.53. The molecule has 3 heteroatoms.